The fourth-order valence-electron chi connectivity index (χ4n) is 12.0. The summed E-state index contributed by atoms with van der Waals surface area (Å²) in [6, 6.07) is 2.92. The molecule has 0 aromatic heterocycles. The Morgan fingerprint density at radius 1 is 0.512 bits per heavy atom. The van der Waals surface area contributed by atoms with Gasteiger partial charge in [-0.2, -0.15) is 0 Å². The molecule has 0 nitrogen and oxygen atoms in total. The Balaban J connectivity index is 1.71. The topological polar surface area (TPSA) is 0 Å². The molecule has 0 bridgehead atoms. The molecule has 0 radical (unpaired) electrons. The van der Waals surface area contributed by atoms with E-state index in [9.17, 15) is 0 Å². The standard InChI is InChI=1S/C40H66Si/c1-15-41(16-2,37-28(8)27(7)35-25(5)23(3)24(4)26(6)36(35)37)38-33-21-29(39(9,10)11)17-19-31(33)32-20-18-30(22-34(32)38)40(12,13)14/h17-28,31-38H,15-16H2,1-14H3. The Morgan fingerprint density at radius 3 is 1.29 bits per heavy atom. The van der Waals surface area contributed by atoms with Crippen molar-refractivity contribution in [3.63, 3.8) is 0 Å². The van der Waals surface area contributed by atoms with Crippen LogP contribution in [0.25, 0.3) is 0 Å². The minimum atomic E-state index is -1.76. The first-order valence-corrected chi connectivity index (χ1v) is 20.4. The molecular formula is C40H66Si. The van der Waals surface area contributed by atoms with Crippen LogP contribution < -0.4 is 0 Å². The second-order valence-electron chi connectivity index (χ2n) is 18.1. The molecule has 0 aliphatic heterocycles. The van der Waals surface area contributed by atoms with Crippen LogP contribution in [0.15, 0.2) is 47.6 Å². The van der Waals surface area contributed by atoms with Crippen molar-refractivity contribution < 1.29 is 0 Å². The maximum Gasteiger partial charge on any atom is 0.0610 e. The lowest BCUT2D eigenvalue weighted by Gasteiger charge is -2.54. The molecule has 0 N–H and O–H groups in total. The first-order valence-electron chi connectivity index (χ1n) is 17.8. The number of hydrogen-bond acceptors (Lipinski definition) is 0. The maximum absolute atomic E-state index is 2.84. The highest BCUT2D eigenvalue weighted by Crippen LogP contribution is 2.71. The fourth-order valence-corrected chi connectivity index (χ4v) is 19.7. The number of rotatable bonds is 4. The van der Waals surface area contributed by atoms with Gasteiger partial charge in [-0.05, 0) is 104 Å². The smallest absolute Gasteiger partial charge is 0.0610 e. The van der Waals surface area contributed by atoms with Crippen molar-refractivity contribution in [3.8, 4) is 0 Å². The summed E-state index contributed by atoms with van der Waals surface area (Å²) in [5, 5.41) is 0. The monoisotopic (exact) mass is 574 g/mol. The van der Waals surface area contributed by atoms with Gasteiger partial charge < -0.3 is 0 Å². The van der Waals surface area contributed by atoms with Gasteiger partial charge in [0.2, 0.25) is 0 Å². The normalized spacial score (nSPS) is 46.1. The van der Waals surface area contributed by atoms with Crippen LogP contribution in [0.2, 0.25) is 23.2 Å². The van der Waals surface area contributed by atoms with Gasteiger partial charge in [-0.15, -0.1) is 0 Å². The second-order valence-corrected chi connectivity index (χ2v) is 23.3. The van der Waals surface area contributed by atoms with E-state index in [0.717, 1.165) is 58.4 Å². The average Bonchev–Trinajstić information content (AvgIpc) is 3.38. The number of fused-ring (bicyclic) bond motifs is 4. The van der Waals surface area contributed by atoms with E-state index in [-0.39, 0.29) is 10.8 Å². The molecule has 1 heteroatoms. The molecule has 13 unspecified atom stereocenters. The van der Waals surface area contributed by atoms with Crippen LogP contribution in [0.3, 0.4) is 0 Å². The Bertz CT molecular complexity index is 1050. The number of allylic oxidation sites excluding steroid dienone is 8. The molecular weight excluding hydrogens is 509 g/mol. The van der Waals surface area contributed by atoms with E-state index in [1.54, 1.807) is 11.1 Å². The largest absolute Gasteiger partial charge is 0.0799 e. The molecule has 5 aliphatic rings. The lowest BCUT2D eigenvalue weighted by molar-refractivity contribution is 0.0134. The van der Waals surface area contributed by atoms with E-state index < -0.39 is 8.07 Å². The van der Waals surface area contributed by atoms with Crippen molar-refractivity contribution in [2.75, 3.05) is 0 Å². The minimum Gasteiger partial charge on any atom is -0.0799 e. The van der Waals surface area contributed by atoms with Gasteiger partial charge in [0, 0.05) is 0 Å². The highest BCUT2D eigenvalue weighted by molar-refractivity contribution is 6.83. The van der Waals surface area contributed by atoms with Gasteiger partial charge in [-0.3, -0.25) is 0 Å². The lowest BCUT2D eigenvalue weighted by atomic mass is 9.58. The third-order valence-corrected chi connectivity index (χ3v) is 21.8. The predicted molar refractivity (Wildman–Crippen MR) is 183 cm³/mol. The van der Waals surface area contributed by atoms with Crippen molar-refractivity contribution in [2.45, 2.75) is 120 Å². The first kappa shape index (κ1) is 31.6. The average molecular weight is 575 g/mol. The summed E-state index contributed by atoms with van der Waals surface area (Å²) in [7, 11) is -1.76. The third-order valence-electron chi connectivity index (χ3n) is 14.8. The summed E-state index contributed by atoms with van der Waals surface area (Å²) in [5.41, 5.74) is 5.40. The summed E-state index contributed by atoms with van der Waals surface area (Å²) < 4.78 is 0. The van der Waals surface area contributed by atoms with Gasteiger partial charge in [0.25, 0.3) is 0 Å². The van der Waals surface area contributed by atoms with Gasteiger partial charge in [0.15, 0.2) is 0 Å². The molecule has 13 atom stereocenters. The van der Waals surface area contributed by atoms with Crippen molar-refractivity contribution >= 4 is 8.07 Å². The van der Waals surface area contributed by atoms with E-state index >= 15 is 0 Å². The molecule has 0 aromatic carbocycles. The Hall–Kier alpha value is -0.823. The molecule has 5 aliphatic carbocycles. The van der Waals surface area contributed by atoms with Crippen LogP contribution in [0.5, 0.6) is 0 Å². The van der Waals surface area contributed by atoms with E-state index in [0.29, 0.717) is 23.7 Å². The van der Waals surface area contributed by atoms with E-state index in [2.05, 4.69) is 133 Å². The van der Waals surface area contributed by atoms with Crippen LogP contribution in [-0.4, -0.2) is 8.07 Å². The summed E-state index contributed by atoms with van der Waals surface area (Å²) in [4.78, 5) is 0. The van der Waals surface area contributed by atoms with Crippen LogP contribution in [0.1, 0.15) is 96.9 Å². The molecule has 3 fully saturated rings. The summed E-state index contributed by atoms with van der Waals surface area (Å²) in [6.45, 7) is 35.9. The zero-order chi connectivity index (χ0) is 30.4. The Labute approximate surface area is 257 Å². The van der Waals surface area contributed by atoms with Crippen molar-refractivity contribution in [1.29, 1.82) is 0 Å². The van der Waals surface area contributed by atoms with Gasteiger partial charge >= 0.3 is 0 Å². The third kappa shape index (κ3) is 4.71. The Kier molecular flexibility index (Phi) is 8.22. The quantitative estimate of drug-likeness (QED) is 0.293. The lowest BCUT2D eigenvalue weighted by Crippen LogP contribution is -2.53. The van der Waals surface area contributed by atoms with Crippen LogP contribution in [0.4, 0.5) is 0 Å². The van der Waals surface area contributed by atoms with Gasteiger partial charge in [-0.25, -0.2) is 0 Å². The van der Waals surface area contributed by atoms with Crippen LogP contribution in [0, 0.1) is 81.8 Å². The highest BCUT2D eigenvalue weighted by atomic mass is 28.3. The maximum atomic E-state index is 2.84. The second kappa shape index (κ2) is 10.7. The van der Waals surface area contributed by atoms with Crippen molar-refractivity contribution in [3.05, 3.63) is 47.6 Å². The molecule has 0 heterocycles. The summed E-state index contributed by atoms with van der Waals surface area (Å²) in [6.07, 6.45) is 16.1. The molecule has 0 aromatic rings. The van der Waals surface area contributed by atoms with Crippen LogP contribution in [-0.2, 0) is 0 Å². The van der Waals surface area contributed by atoms with E-state index in [1.165, 1.54) is 12.1 Å². The van der Waals surface area contributed by atoms with Crippen molar-refractivity contribution in [2.24, 2.45) is 81.8 Å². The van der Waals surface area contributed by atoms with Gasteiger partial charge in [-0.1, -0.05) is 145 Å². The molecule has 0 spiro atoms. The fraction of sp³-hybridized carbons (Fsp3) is 0.800. The molecule has 230 valence electrons. The Morgan fingerprint density at radius 2 is 0.902 bits per heavy atom. The van der Waals surface area contributed by atoms with E-state index in [1.807, 2.05) is 0 Å². The SMILES string of the molecule is CC[Si](CC)(C1C2C=C(C(C)(C)C)C=CC2C2C=CC(C(C)(C)C)=CC21)C1C(C)C(C)C2C(C)C(C)C(C)C(C)C21. The molecule has 0 saturated heterocycles. The van der Waals surface area contributed by atoms with Gasteiger partial charge in [0.05, 0.1) is 8.07 Å². The zero-order valence-electron chi connectivity index (χ0n) is 29.5. The van der Waals surface area contributed by atoms with Crippen LogP contribution >= 0.6 is 0 Å². The first-order chi connectivity index (χ1) is 19.0. The number of hydrogen-bond donors (Lipinski definition) is 0. The molecule has 5 rings (SSSR count). The summed E-state index contributed by atoms with van der Waals surface area (Å²) >= 11 is 0. The molecule has 0 amide bonds. The molecule has 3 saturated carbocycles. The summed E-state index contributed by atoms with van der Waals surface area (Å²) in [5.74, 6) is 9.66. The zero-order valence-corrected chi connectivity index (χ0v) is 30.5. The van der Waals surface area contributed by atoms with Crippen molar-refractivity contribution in [1.82, 2.24) is 0 Å². The van der Waals surface area contributed by atoms with Gasteiger partial charge in [0.1, 0.15) is 0 Å². The minimum absolute atomic E-state index is 0.212. The predicted octanol–water partition coefficient (Wildman–Crippen LogP) is 11.9. The molecule has 41 heavy (non-hydrogen) atoms. The highest BCUT2D eigenvalue weighted by Gasteiger charge is 2.66. The van der Waals surface area contributed by atoms with E-state index in [4.69, 9.17) is 0 Å².